The predicted octanol–water partition coefficient (Wildman–Crippen LogP) is 1.97. The standard InChI is InChI=1S/C13H19NO3S/c1-9(2)18(16,17)7-6-13(15)11-4-5-12(14)10(3)8-11/h4-5,8-9H,6-7,14H2,1-3H3. The number of Topliss-reactive ketones (excluding diaryl/α,β-unsaturated/α-hetero) is 1. The van der Waals surface area contributed by atoms with Gasteiger partial charge in [-0.2, -0.15) is 0 Å². The molecule has 0 atom stereocenters. The molecule has 100 valence electrons. The lowest BCUT2D eigenvalue weighted by Gasteiger charge is -2.08. The zero-order valence-corrected chi connectivity index (χ0v) is 11.8. The van der Waals surface area contributed by atoms with E-state index in [2.05, 4.69) is 0 Å². The van der Waals surface area contributed by atoms with Crippen LogP contribution in [0.3, 0.4) is 0 Å². The first kappa shape index (κ1) is 14.7. The van der Waals surface area contributed by atoms with Gasteiger partial charge >= 0.3 is 0 Å². The fraction of sp³-hybridized carbons (Fsp3) is 0.462. The second-order valence-corrected chi connectivity index (χ2v) is 7.34. The first-order chi connectivity index (χ1) is 8.24. The molecule has 0 unspecified atom stereocenters. The van der Waals surface area contributed by atoms with Crippen LogP contribution in [0.15, 0.2) is 18.2 Å². The minimum Gasteiger partial charge on any atom is -0.399 e. The molecule has 1 aromatic carbocycles. The molecule has 0 aliphatic heterocycles. The molecule has 0 aliphatic rings. The summed E-state index contributed by atoms with van der Waals surface area (Å²) in [4.78, 5) is 11.9. The highest BCUT2D eigenvalue weighted by Gasteiger charge is 2.18. The zero-order chi connectivity index (χ0) is 13.9. The maximum atomic E-state index is 11.9. The van der Waals surface area contributed by atoms with Gasteiger partial charge in [0.25, 0.3) is 0 Å². The molecule has 5 heteroatoms. The minimum atomic E-state index is -3.17. The van der Waals surface area contributed by atoms with Crippen LogP contribution in [0.4, 0.5) is 5.69 Å². The largest absolute Gasteiger partial charge is 0.399 e. The van der Waals surface area contributed by atoms with Gasteiger partial charge in [0.15, 0.2) is 15.6 Å². The number of carbonyl (C=O) groups excluding carboxylic acids is 1. The third kappa shape index (κ3) is 3.57. The first-order valence-electron chi connectivity index (χ1n) is 5.85. The van der Waals surface area contributed by atoms with Crippen molar-refractivity contribution in [3.63, 3.8) is 0 Å². The Labute approximate surface area is 108 Å². The van der Waals surface area contributed by atoms with Crippen molar-refractivity contribution in [3.8, 4) is 0 Å². The highest BCUT2D eigenvalue weighted by molar-refractivity contribution is 7.91. The molecule has 1 rings (SSSR count). The smallest absolute Gasteiger partial charge is 0.163 e. The molecule has 4 nitrogen and oxygen atoms in total. The molecule has 0 aliphatic carbocycles. The molecular weight excluding hydrogens is 250 g/mol. The molecule has 1 aromatic rings. The van der Waals surface area contributed by atoms with Crippen molar-refractivity contribution in [1.29, 1.82) is 0 Å². The van der Waals surface area contributed by atoms with E-state index in [0.717, 1.165) is 5.56 Å². The van der Waals surface area contributed by atoms with E-state index in [4.69, 9.17) is 5.73 Å². The van der Waals surface area contributed by atoms with E-state index in [9.17, 15) is 13.2 Å². The molecule has 0 saturated heterocycles. The molecular formula is C13H19NO3S. The van der Waals surface area contributed by atoms with Crippen molar-refractivity contribution < 1.29 is 13.2 Å². The van der Waals surface area contributed by atoms with Crippen molar-refractivity contribution in [2.75, 3.05) is 11.5 Å². The van der Waals surface area contributed by atoms with Crippen molar-refractivity contribution >= 4 is 21.3 Å². The highest BCUT2D eigenvalue weighted by atomic mass is 32.2. The molecule has 18 heavy (non-hydrogen) atoms. The topological polar surface area (TPSA) is 77.2 Å². The number of nitrogens with two attached hydrogens (primary N) is 1. The fourth-order valence-corrected chi connectivity index (χ4v) is 2.41. The molecule has 0 radical (unpaired) electrons. The number of sulfone groups is 1. The Hall–Kier alpha value is -1.36. The molecule has 0 saturated carbocycles. The van der Waals surface area contributed by atoms with Gasteiger partial charge in [-0.1, -0.05) is 0 Å². The lowest BCUT2D eigenvalue weighted by atomic mass is 10.1. The monoisotopic (exact) mass is 269 g/mol. The zero-order valence-electron chi connectivity index (χ0n) is 10.9. The SMILES string of the molecule is Cc1cc(C(=O)CCS(=O)(=O)C(C)C)ccc1N. The second kappa shape index (κ2) is 5.52. The van der Waals surface area contributed by atoms with Crippen LogP contribution >= 0.6 is 0 Å². The Morgan fingerprint density at radius 3 is 2.44 bits per heavy atom. The van der Waals surface area contributed by atoms with Crippen molar-refractivity contribution in [2.24, 2.45) is 0 Å². The molecule has 2 N–H and O–H groups in total. The van der Waals surface area contributed by atoms with Crippen LogP contribution in [-0.2, 0) is 9.84 Å². The third-order valence-electron chi connectivity index (χ3n) is 2.92. The highest BCUT2D eigenvalue weighted by Crippen LogP contribution is 2.15. The average molecular weight is 269 g/mol. The lowest BCUT2D eigenvalue weighted by Crippen LogP contribution is -2.19. The molecule has 0 aromatic heterocycles. The van der Waals surface area contributed by atoms with Gasteiger partial charge in [0.2, 0.25) is 0 Å². The van der Waals surface area contributed by atoms with Gasteiger partial charge < -0.3 is 5.73 Å². The van der Waals surface area contributed by atoms with Crippen LogP contribution in [0.2, 0.25) is 0 Å². The van der Waals surface area contributed by atoms with E-state index in [0.29, 0.717) is 11.3 Å². The maximum absolute atomic E-state index is 11.9. The molecule has 0 spiro atoms. The number of nitrogen functional groups attached to an aromatic ring is 1. The fourth-order valence-electron chi connectivity index (χ4n) is 1.46. The third-order valence-corrected chi connectivity index (χ3v) is 5.13. The number of anilines is 1. The summed E-state index contributed by atoms with van der Waals surface area (Å²) in [5.74, 6) is -0.269. The molecule has 0 heterocycles. The van der Waals surface area contributed by atoms with Crippen molar-refractivity contribution in [2.45, 2.75) is 32.4 Å². The number of hydrogen-bond donors (Lipinski definition) is 1. The van der Waals surface area contributed by atoms with Gasteiger partial charge in [0.1, 0.15) is 0 Å². The van der Waals surface area contributed by atoms with Crippen LogP contribution in [0, 0.1) is 6.92 Å². The quantitative estimate of drug-likeness (QED) is 0.655. The Morgan fingerprint density at radius 2 is 1.94 bits per heavy atom. The number of hydrogen-bond acceptors (Lipinski definition) is 4. The number of carbonyl (C=O) groups is 1. The Bertz CT molecular complexity index is 547. The van der Waals surface area contributed by atoms with Crippen molar-refractivity contribution in [1.82, 2.24) is 0 Å². The van der Waals surface area contributed by atoms with Gasteiger partial charge in [0, 0.05) is 17.7 Å². The van der Waals surface area contributed by atoms with E-state index in [1.54, 1.807) is 32.0 Å². The molecule has 0 bridgehead atoms. The number of aryl methyl sites for hydroxylation is 1. The summed E-state index contributed by atoms with van der Waals surface area (Å²) < 4.78 is 23.2. The Balaban J connectivity index is 2.75. The van der Waals surface area contributed by atoms with Gasteiger partial charge in [-0.25, -0.2) is 8.42 Å². The average Bonchev–Trinajstić information content (AvgIpc) is 2.29. The Kier molecular flexibility index (Phi) is 4.51. The van der Waals surface area contributed by atoms with Crippen LogP contribution in [-0.4, -0.2) is 25.2 Å². The van der Waals surface area contributed by atoms with Gasteiger partial charge in [-0.3, -0.25) is 4.79 Å². The predicted molar refractivity (Wildman–Crippen MR) is 73.5 cm³/mol. The summed E-state index contributed by atoms with van der Waals surface area (Å²) >= 11 is 0. The van der Waals surface area contributed by atoms with E-state index in [1.807, 2.05) is 6.92 Å². The first-order valence-corrected chi connectivity index (χ1v) is 7.56. The minimum absolute atomic E-state index is 0.0177. The van der Waals surface area contributed by atoms with Gasteiger partial charge in [-0.05, 0) is 44.5 Å². The van der Waals surface area contributed by atoms with E-state index < -0.39 is 15.1 Å². The molecule has 0 fully saturated rings. The second-order valence-electron chi connectivity index (χ2n) is 4.66. The molecule has 0 amide bonds. The van der Waals surface area contributed by atoms with Crippen LogP contribution in [0.1, 0.15) is 36.2 Å². The van der Waals surface area contributed by atoms with E-state index >= 15 is 0 Å². The number of benzene rings is 1. The van der Waals surface area contributed by atoms with E-state index in [-0.39, 0.29) is 18.0 Å². The van der Waals surface area contributed by atoms with E-state index in [1.165, 1.54) is 0 Å². The number of rotatable bonds is 5. The lowest BCUT2D eigenvalue weighted by molar-refractivity contribution is 0.0988. The van der Waals surface area contributed by atoms with Crippen LogP contribution < -0.4 is 5.73 Å². The summed E-state index contributed by atoms with van der Waals surface area (Å²) in [6.45, 7) is 5.05. The summed E-state index contributed by atoms with van der Waals surface area (Å²) in [7, 11) is -3.17. The summed E-state index contributed by atoms with van der Waals surface area (Å²) in [5.41, 5.74) is 7.63. The number of ketones is 1. The maximum Gasteiger partial charge on any atom is 0.163 e. The summed E-state index contributed by atoms with van der Waals surface area (Å²) in [6, 6.07) is 4.99. The van der Waals surface area contributed by atoms with Crippen LogP contribution in [0.25, 0.3) is 0 Å². The summed E-state index contributed by atoms with van der Waals surface area (Å²) in [6.07, 6.45) is 0.0177. The Morgan fingerprint density at radius 1 is 1.33 bits per heavy atom. The van der Waals surface area contributed by atoms with Crippen molar-refractivity contribution in [3.05, 3.63) is 29.3 Å². The normalized spacial score (nSPS) is 11.8. The summed E-state index contributed by atoms with van der Waals surface area (Å²) in [5, 5.41) is -0.446. The van der Waals surface area contributed by atoms with Crippen LogP contribution in [0.5, 0.6) is 0 Å². The van der Waals surface area contributed by atoms with Gasteiger partial charge in [0.05, 0.1) is 11.0 Å². The van der Waals surface area contributed by atoms with Gasteiger partial charge in [-0.15, -0.1) is 0 Å².